The zero-order valence-electron chi connectivity index (χ0n) is 11.5. The van der Waals surface area contributed by atoms with Crippen molar-refractivity contribution in [1.29, 1.82) is 0 Å². The van der Waals surface area contributed by atoms with Crippen LogP contribution in [0.4, 0.5) is 5.69 Å². The molecule has 4 aromatic rings. The Bertz CT molecular complexity index is 1160. The minimum absolute atomic E-state index is 0.0145. The lowest BCUT2D eigenvalue weighted by Crippen LogP contribution is -2.22. The third-order valence-electron chi connectivity index (χ3n) is 3.40. The van der Waals surface area contributed by atoms with Crippen LogP contribution in [0.15, 0.2) is 47.4 Å². The normalized spacial score (nSPS) is 12.3. The Balaban J connectivity index is 1.90. The zero-order valence-corrected chi connectivity index (χ0v) is 12.4. The number of benzene rings is 1. The number of nitrogens with zero attached hydrogens (tertiary/aromatic N) is 4. The second-order valence-electron chi connectivity index (χ2n) is 4.84. The number of non-ortho nitro benzene ring substituents is 1. The summed E-state index contributed by atoms with van der Waals surface area (Å²) in [5.74, 6) is 0. The van der Waals surface area contributed by atoms with Crippen LogP contribution >= 0.6 is 11.3 Å². The first-order chi connectivity index (χ1) is 11.1. The number of hydrogen-bond donors (Lipinski definition) is 0. The molecule has 8 heteroatoms. The number of rotatable bonds is 2. The maximum absolute atomic E-state index is 12.5. The molecule has 4 rings (SSSR count). The Hall–Kier alpha value is -3.13. The molecule has 0 unspecified atom stereocenters. The van der Waals surface area contributed by atoms with Gasteiger partial charge in [0, 0.05) is 18.3 Å². The molecule has 0 aliphatic heterocycles. The molecule has 112 valence electrons. The van der Waals surface area contributed by atoms with Crippen molar-refractivity contribution in [3.63, 3.8) is 0 Å². The number of fused-ring (bicyclic) bond motifs is 3. The second kappa shape index (κ2) is 4.96. The van der Waals surface area contributed by atoms with E-state index in [4.69, 9.17) is 0 Å². The molecule has 3 heterocycles. The summed E-state index contributed by atoms with van der Waals surface area (Å²) >= 11 is 1.26. The van der Waals surface area contributed by atoms with E-state index in [1.54, 1.807) is 36.5 Å². The quantitative estimate of drug-likeness (QED) is 0.414. The molecule has 0 N–H and O–H groups in total. The van der Waals surface area contributed by atoms with Crippen LogP contribution in [0, 0.1) is 10.1 Å². The van der Waals surface area contributed by atoms with E-state index in [0.717, 1.165) is 5.56 Å². The first kappa shape index (κ1) is 13.5. The number of thiazole rings is 1. The van der Waals surface area contributed by atoms with Crippen LogP contribution in [0.2, 0.25) is 0 Å². The number of nitro benzene ring substituents is 1. The van der Waals surface area contributed by atoms with E-state index in [9.17, 15) is 14.9 Å². The second-order valence-corrected chi connectivity index (χ2v) is 5.85. The van der Waals surface area contributed by atoms with Gasteiger partial charge in [-0.1, -0.05) is 11.3 Å². The molecule has 0 amide bonds. The first-order valence-electron chi connectivity index (χ1n) is 6.66. The van der Waals surface area contributed by atoms with Gasteiger partial charge in [0.2, 0.25) is 0 Å². The van der Waals surface area contributed by atoms with E-state index in [1.807, 2.05) is 0 Å². The van der Waals surface area contributed by atoms with E-state index in [0.29, 0.717) is 20.7 Å². The maximum atomic E-state index is 12.5. The van der Waals surface area contributed by atoms with Crippen LogP contribution in [0.1, 0.15) is 5.56 Å². The molecule has 0 radical (unpaired) electrons. The predicted molar refractivity (Wildman–Crippen MR) is 86.5 cm³/mol. The molecule has 0 bridgehead atoms. The molecule has 7 nitrogen and oxygen atoms in total. The van der Waals surface area contributed by atoms with E-state index in [-0.39, 0.29) is 11.2 Å². The summed E-state index contributed by atoms with van der Waals surface area (Å²) in [6.45, 7) is 0. The van der Waals surface area contributed by atoms with E-state index in [1.165, 1.54) is 27.9 Å². The minimum atomic E-state index is -0.459. The lowest BCUT2D eigenvalue weighted by atomic mass is 10.2. The van der Waals surface area contributed by atoms with Gasteiger partial charge in [-0.15, -0.1) is 0 Å². The number of pyridine rings is 1. The molecule has 1 aromatic carbocycles. The molecule has 0 aliphatic carbocycles. The summed E-state index contributed by atoms with van der Waals surface area (Å²) in [5, 5.41) is 10.7. The van der Waals surface area contributed by atoms with Crippen LogP contribution in [-0.2, 0) is 0 Å². The van der Waals surface area contributed by atoms with Crippen LogP contribution in [0.5, 0.6) is 0 Å². The summed E-state index contributed by atoms with van der Waals surface area (Å²) in [5.41, 5.74) is 1.75. The summed E-state index contributed by atoms with van der Waals surface area (Å²) in [7, 11) is 0. The topological polar surface area (TPSA) is 90.4 Å². The lowest BCUT2D eigenvalue weighted by Gasteiger charge is -1.92. The number of hydrogen-bond acceptors (Lipinski definition) is 6. The van der Waals surface area contributed by atoms with Crippen molar-refractivity contribution in [2.45, 2.75) is 0 Å². The number of imidazole rings is 1. The summed E-state index contributed by atoms with van der Waals surface area (Å²) < 4.78 is 1.99. The van der Waals surface area contributed by atoms with Crippen LogP contribution < -0.4 is 10.1 Å². The highest BCUT2D eigenvalue weighted by Gasteiger charge is 2.11. The Kier molecular flexibility index (Phi) is 2.91. The molecule has 23 heavy (non-hydrogen) atoms. The largest absolute Gasteiger partial charge is 0.276 e. The Morgan fingerprint density at radius 3 is 2.74 bits per heavy atom. The molecule has 0 fully saturated rings. The van der Waals surface area contributed by atoms with Crippen molar-refractivity contribution in [2.24, 2.45) is 0 Å². The standard InChI is InChI=1S/C15H8N4O3S/c20-14-12(8-9-3-5-10(6-4-9)19(21)22)23-15-17-11-2-1-7-16-13(11)18(14)15/h1-8H/b12-8-. The van der Waals surface area contributed by atoms with Crippen molar-refractivity contribution < 1.29 is 4.92 Å². The van der Waals surface area contributed by atoms with Crippen LogP contribution in [0.25, 0.3) is 22.2 Å². The van der Waals surface area contributed by atoms with Gasteiger partial charge in [-0.25, -0.2) is 14.4 Å². The van der Waals surface area contributed by atoms with Crippen molar-refractivity contribution in [1.82, 2.24) is 14.4 Å². The van der Waals surface area contributed by atoms with E-state index < -0.39 is 4.92 Å². The SMILES string of the molecule is O=c1/c(=C/c2ccc([N+](=O)[O-])cc2)sc2nc3cccnc3n12. The van der Waals surface area contributed by atoms with Gasteiger partial charge in [-0.2, -0.15) is 0 Å². The molecule has 0 spiro atoms. The van der Waals surface area contributed by atoms with Gasteiger partial charge < -0.3 is 0 Å². The highest BCUT2D eigenvalue weighted by molar-refractivity contribution is 7.15. The molecule has 0 saturated heterocycles. The molecular weight excluding hydrogens is 316 g/mol. The van der Waals surface area contributed by atoms with Crippen LogP contribution in [0.3, 0.4) is 0 Å². The highest BCUT2D eigenvalue weighted by atomic mass is 32.1. The molecular formula is C15H8N4O3S. The van der Waals surface area contributed by atoms with Crippen molar-refractivity contribution in [3.05, 3.63) is 73.2 Å². The van der Waals surface area contributed by atoms with E-state index in [2.05, 4.69) is 9.97 Å². The van der Waals surface area contributed by atoms with Crippen LogP contribution in [-0.4, -0.2) is 19.3 Å². The molecule has 3 aromatic heterocycles. The predicted octanol–water partition coefficient (Wildman–Crippen LogP) is 1.76. The lowest BCUT2D eigenvalue weighted by molar-refractivity contribution is -0.384. The smallest absolute Gasteiger partial charge is 0.267 e. The molecule has 0 atom stereocenters. The van der Waals surface area contributed by atoms with Gasteiger partial charge >= 0.3 is 0 Å². The van der Waals surface area contributed by atoms with Crippen molar-refractivity contribution >= 4 is 39.2 Å². The van der Waals surface area contributed by atoms with E-state index >= 15 is 0 Å². The number of nitro groups is 1. The molecule has 0 saturated carbocycles. The van der Waals surface area contributed by atoms with Crippen molar-refractivity contribution in [2.75, 3.05) is 0 Å². The maximum Gasteiger partial charge on any atom is 0.276 e. The monoisotopic (exact) mass is 324 g/mol. The Labute approximate surface area is 132 Å². The average molecular weight is 324 g/mol. The third-order valence-corrected chi connectivity index (χ3v) is 4.37. The third kappa shape index (κ3) is 2.16. The minimum Gasteiger partial charge on any atom is -0.267 e. The fourth-order valence-electron chi connectivity index (χ4n) is 2.33. The number of aromatic nitrogens is 3. The highest BCUT2D eigenvalue weighted by Crippen LogP contribution is 2.14. The van der Waals surface area contributed by atoms with Gasteiger partial charge in [-0.05, 0) is 35.9 Å². The zero-order chi connectivity index (χ0) is 16.0. The van der Waals surface area contributed by atoms with Crippen molar-refractivity contribution in [3.8, 4) is 0 Å². The van der Waals surface area contributed by atoms with Gasteiger partial charge in [0.1, 0.15) is 5.52 Å². The summed E-state index contributed by atoms with van der Waals surface area (Å²) in [4.78, 5) is 31.9. The summed E-state index contributed by atoms with van der Waals surface area (Å²) in [6, 6.07) is 9.61. The fourth-order valence-corrected chi connectivity index (χ4v) is 3.31. The van der Waals surface area contributed by atoms with Gasteiger partial charge in [0.15, 0.2) is 10.6 Å². The van der Waals surface area contributed by atoms with Gasteiger partial charge in [0.25, 0.3) is 11.2 Å². The average Bonchev–Trinajstić information content (AvgIpc) is 3.05. The Morgan fingerprint density at radius 1 is 1.22 bits per heavy atom. The fraction of sp³-hybridized carbons (Fsp3) is 0. The Morgan fingerprint density at radius 2 is 2.00 bits per heavy atom. The molecule has 0 aliphatic rings. The van der Waals surface area contributed by atoms with Gasteiger partial charge in [0.05, 0.1) is 9.46 Å². The summed E-state index contributed by atoms with van der Waals surface area (Å²) in [6.07, 6.45) is 3.31. The first-order valence-corrected chi connectivity index (χ1v) is 7.47. The van der Waals surface area contributed by atoms with Gasteiger partial charge in [-0.3, -0.25) is 14.9 Å².